The Kier molecular flexibility index (Phi) is 7.25. The van der Waals surface area contributed by atoms with Crippen LogP contribution >= 0.6 is 0 Å². The topological polar surface area (TPSA) is 76.1 Å². The summed E-state index contributed by atoms with van der Waals surface area (Å²) in [5, 5.41) is 8.88. The molecule has 138 valence electrons. The van der Waals surface area contributed by atoms with Gasteiger partial charge in [0.2, 0.25) is 0 Å². The SMILES string of the molecule is CC(C)CN(CCC(=O)O)C(=O)c1ccc(OC2CCOCC2)cc1. The van der Waals surface area contributed by atoms with Crippen molar-refractivity contribution in [2.45, 2.75) is 39.2 Å². The van der Waals surface area contributed by atoms with Crippen LogP contribution in [0.2, 0.25) is 0 Å². The van der Waals surface area contributed by atoms with Crippen molar-refractivity contribution >= 4 is 11.9 Å². The molecule has 6 heteroatoms. The minimum Gasteiger partial charge on any atom is -0.490 e. The van der Waals surface area contributed by atoms with Gasteiger partial charge in [0.15, 0.2) is 0 Å². The first-order chi connectivity index (χ1) is 12.0. The average Bonchev–Trinajstić information content (AvgIpc) is 2.59. The lowest BCUT2D eigenvalue weighted by atomic mass is 10.1. The Bertz CT molecular complexity index is 564. The van der Waals surface area contributed by atoms with E-state index < -0.39 is 5.97 Å². The lowest BCUT2D eigenvalue weighted by Crippen LogP contribution is -2.36. The molecule has 0 aromatic heterocycles. The number of nitrogens with zero attached hydrogens (tertiary/aromatic N) is 1. The van der Waals surface area contributed by atoms with Crippen molar-refractivity contribution in [2.75, 3.05) is 26.3 Å². The smallest absolute Gasteiger partial charge is 0.305 e. The molecule has 1 aromatic carbocycles. The number of carbonyl (C=O) groups excluding carboxylic acids is 1. The fourth-order valence-electron chi connectivity index (χ4n) is 2.79. The summed E-state index contributed by atoms with van der Waals surface area (Å²) in [6.45, 7) is 6.20. The van der Waals surface area contributed by atoms with Crippen molar-refractivity contribution in [2.24, 2.45) is 5.92 Å². The summed E-state index contributed by atoms with van der Waals surface area (Å²) in [6, 6.07) is 7.08. The van der Waals surface area contributed by atoms with Crippen molar-refractivity contribution < 1.29 is 24.2 Å². The summed E-state index contributed by atoms with van der Waals surface area (Å²) in [6.07, 6.45) is 1.85. The summed E-state index contributed by atoms with van der Waals surface area (Å²) in [4.78, 5) is 25.1. The largest absolute Gasteiger partial charge is 0.490 e. The van der Waals surface area contributed by atoms with E-state index in [-0.39, 0.29) is 30.9 Å². The van der Waals surface area contributed by atoms with E-state index in [1.54, 1.807) is 29.2 Å². The number of carboxylic acids is 1. The number of hydrogen-bond donors (Lipinski definition) is 1. The monoisotopic (exact) mass is 349 g/mol. The average molecular weight is 349 g/mol. The van der Waals surface area contributed by atoms with Crippen LogP contribution in [-0.2, 0) is 9.53 Å². The van der Waals surface area contributed by atoms with Crippen molar-refractivity contribution in [1.29, 1.82) is 0 Å². The highest BCUT2D eigenvalue weighted by molar-refractivity contribution is 5.94. The zero-order valence-corrected chi connectivity index (χ0v) is 14.9. The Morgan fingerprint density at radius 1 is 1.24 bits per heavy atom. The molecule has 1 aromatic rings. The fraction of sp³-hybridized carbons (Fsp3) is 0.579. The quantitative estimate of drug-likeness (QED) is 0.781. The molecule has 1 aliphatic heterocycles. The number of aliphatic carboxylic acids is 1. The molecule has 0 bridgehead atoms. The highest BCUT2D eigenvalue weighted by atomic mass is 16.5. The molecule has 25 heavy (non-hydrogen) atoms. The Morgan fingerprint density at radius 3 is 2.44 bits per heavy atom. The second kappa shape index (κ2) is 9.42. The maximum atomic E-state index is 12.7. The van der Waals surface area contributed by atoms with Gasteiger partial charge in [0, 0.05) is 31.5 Å². The van der Waals surface area contributed by atoms with E-state index in [9.17, 15) is 9.59 Å². The minimum absolute atomic E-state index is 0.0522. The van der Waals surface area contributed by atoms with Gasteiger partial charge in [0.25, 0.3) is 5.91 Å². The van der Waals surface area contributed by atoms with Gasteiger partial charge in [-0.25, -0.2) is 0 Å². The van der Waals surface area contributed by atoms with Gasteiger partial charge in [-0.2, -0.15) is 0 Å². The molecule has 0 unspecified atom stereocenters. The summed E-state index contributed by atoms with van der Waals surface area (Å²) >= 11 is 0. The zero-order valence-electron chi connectivity index (χ0n) is 14.9. The lowest BCUT2D eigenvalue weighted by Gasteiger charge is -2.25. The van der Waals surface area contributed by atoms with Crippen LogP contribution in [0.3, 0.4) is 0 Å². The van der Waals surface area contributed by atoms with E-state index in [1.807, 2.05) is 13.8 Å². The highest BCUT2D eigenvalue weighted by Crippen LogP contribution is 2.19. The molecule has 1 saturated heterocycles. The van der Waals surface area contributed by atoms with Crippen molar-refractivity contribution in [1.82, 2.24) is 4.90 Å². The van der Waals surface area contributed by atoms with Gasteiger partial charge in [-0.15, -0.1) is 0 Å². The van der Waals surface area contributed by atoms with Crippen LogP contribution < -0.4 is 4.74 Å². The van der Waals surface area contributed by atoms with Gasteiger partial charge >= 0.3 is 5.97 Å². The first-order valence-corrected chi connectivity index (χ1v) is 8.81. The van der Waals surface area contributed by atoms with E-state index in [1.165, 1.54) is 0 Å². The van der Waals surface area contributed by atoms with Crippen LogP contribution in [-0.4, -0.2) is 54.3 Å². The maximum Gasteiger partial charge on any atom is 0.305 e. The molecule has 0 aliphatic carbocycles. The molecule has 1 amide bonds. The van der Waals surface area contributed by atoms with Crippen LogP contribution in [0.4, 0.5) is 0 Å². The third-order valence-corrected chi connectivity index (χ3v) is 4.04. The Labute approximate surface area is 148 Å². The first-order valence-electron chi connectivity index (χ1n) is 8.81. The zero-order chi connectivity index (χ0) is 18.2. The van der Waals surface area contributed by atoms with Gasteiger partial charge in [-0.1, -0.05) is 13.8 Å². The van der Waals surface area contributed by atoms with E-state index in [0.717, 1.165) is 31.8 Å². The normalized spacial score (nSPS) is 15.2. The summed E-state index contributed by atoms with van der Waals surface area (Å²) in [5.74, 6) is -0.0346. The van der Waals surface area contributed by atoms with Gasteiger partial charge in [0.1, 0.15) is 11.9 Å². The van der Waals surface area contributed by atoms with Crippen molar-refractivity contribution in [3.8, 4) is 5.75 Å². The number of ether oxygens (including phenoxy) is 2. The molecule has 0 saturated carbocycles. The van der Waals surface area contributed by atoms with Gasteiger partial charge < -0.3 is 19.5 Å². The first kappa shape index (κ1) is 19.2. The number of rotatable bonds is 8. The molecule has 2 rings (SSSR count). The summed E-state index contributed by atoms with van der Waals surface area (Å²) < 4.78 is 11.2. The molecule has 0 atom stereocenters. The second-order valence-corrected chi connectivity index (χ2v) is 6.74. The van der Waals surface area contributed by atoms with Gasteiger partial charge in [-0.3, -0.25) is 9.59 Å². The van der Waals surface area contributed by atoms with Gasteiger partial charge in [0.05, 0.1) is 19.6 Å². The summed E-state index contributed by atoms with van der Waals surface area (Å²) in [7, 11) is 0. The standard InChI is InChI=1S/C19H27NO5/c1-14(2)13-20(10-7-18(21)22)19(23)15-3-5-16(6-4-15)25-17-8-11-24-12-9-17/h3-6,14,17H,7-13H2,1-2H3,(H,21,22). The number of carboxylic acid groups (broad SMARTS) is 1. The summed E-state index contributed by atoms with van der Waals surface area (Å²) in [5.41, 5.74) is 0.547. The molecule has 1 heterocycles. The minimum atomic E-state index is -0.901. The van der Waals surface area contributed by atoms with Crippen LogP contribution in [0.25, 0.3) is 0 Å². The van der Waals surface area contributed by atoms with E-state index in [2.05, 4.69) is 0 Å². The van der Waals surface area contributed by atoms with Crippen LogP contribution in [0.5, 0.6) is 5.75 Å². The van der Waals surface area contributed by atoms with Crippen LogP contribution in [0, 0.1) is 5.92 Å². The lowest BCUT2D eigenvalue weighted by molar-refractivity contribution is -0.137. The maximum absolute atomic E-state index is 12.7. The third kappa shape index (κ3) is 6.38. The molecular formula is C19H27NO5. The molecule has 1 N–H and O–H groups in total. The molecule has 1 aliphatic rings. The molecule has 1 fully saturated rings. The van der Waals surface area contributed by atoms with Crippen LogP contribution in [0.15, 0.2) is 24.3 Å². The van der Waals surface area contributed by atoms with E-state index in [0.29, 0.717) is 12.1 Å². The Balaban J connectivity index is 1.99. The van der Waals surface area contributed by atoms with E-state index in [4.69, 9.17) is 14.6 Å². The number of benzene rings is 1. The third-order valence-electron chi connectivity index (χ3n) is 4.04. The van der Waals surface area contributed by atoms with Gasteiger partial charge in [-0.05, 0) is 30.2 Å². The fourth-order valence-corrected chi connectivity index (χ4v) is 2.79. The highest BCUT2D eigenvalue weighted by Gasteiger charge is 2.19. The van der Waals surface area contributed by atoms with E-state index >= 15 is 0 Å². The molecular weight excluding hydrogens is 322 g/mol. The molecule has 6 nitrogen and oxygen atoms in total. The van der Waals surface area contributed by atoms with Crippen molar-refractivity contribution in [3.05, 3.63) is 29.8 Å². The molecule has 0 radical (unpaired) electrons. The predicted octanol–water partition coefficient (Wildman–Crippen LogP) is 2.82. The number of carbonyl (C=O) groups is 2. The second-order valence-electron chi connectivity index (χ2n) is 6.74. The Hall–Kier alpha value is -2.08. The number of amides is 1. The molecule has 0 spiro atoms. The van der Waals surface area contributed by atoms with Crippen LogP contribution in [0.1, 0.15) is 43.5 Å². The predicted molar refractivity (Wildman–Crippen MR) is 93.9 cm³/mol. The number of hydrogen-bond acceptors (Lipinski definition) is 4. The Morgan fingerprint density at radius 2 is 1.88 bits per heavy atom. The van der Waals surface area contributed by atoms with Crippen molar-refractivity contribution in [3.63, 3.8) is 0 Å².